The molecule has 182 valence electrons. The van der Waals surface area contributed by atoms with E-state index in [0.717, 1.165) is 36.2 Å². The van der Waals surface area contributed by atoms with Gasteiger partial charge in [0.15, 0.2) is 5.82 Å². The number of hydrogen-bond acceptors (Lipinski definition) is 4. The van der Waals surface area contributed by atoms with E-state index in [1.165, 1.54) is 16.7 Å². The number of aromatic hydroxyl groups is 1. The van der Waals surface area contributed by atoms with Crippen molar-refractivity contribution in [1.29, 1.82) is 0 Å². The molecule has 4 aromatic rings. The quantitative estimate of drug-likeness (QED) is 0.311. The Morgan fingerprint density at radius 2 is 1.69 bits per heavy atom. The number of rotatable bonds is 9. The Labute approximate surface area is 206 Å². The minimum Gasteiger partial charge on any atom is -0.507 e. The summed E-state index contributed by atoms with van der Waals surface area (Å²) in [4.78, 5) is 12.6. The largest absolute Gasteiger partial charge is 0.507 e. The third kappa shape index (κ3) is 5.54. The molecule has 0 spiro atoms. The van der Waals surface area contributed by atoms with Crippen LogP contribution < -0.4 is 11.0 Å². The van der Waals surface area contributed by atoms with Crippen LogP contribution in [-0.2, 0) is 26.1 Å². The summed E-state index contributed by atoms with van der Waals surface area (Å²) < 4.78 is 1.57. The van der Waals surface area contributed by atoms with Crippen molar-refractivity contribution in [2.24, 2.45) is 0 Å². The standard InChI is InChI=1S/C29H34N4O2/c1-5-23-8-6-7-9-24(23)17-30-16-21-10-12-22(13-11-21)18-33-28(31-32-29(33)35)26-15-25(19(2)3)20(4)14-27(26)34/h6-15,19,30,34H,5,16-18H2,1-4H3,(H,32,35). The molecule has 0 aliphatic carbocycles. The first-order valence-electron chi connectivity index (χ1n) is 12.2. The summed E-state index contributed by atoms with van der Waals surface area (Å²) in [6, 6.07) is 20.4. The number of phenols is 1. The van der Waals surface area contributed by atoms with E-state index < -0.39 is 0 Å². The molecule has 1 heterocycles. The second-order valence-corrected chi connectivity index (χ2v) is 9.36. The average Bonchev–Trinajstić information content (AvgIpc) is 3.20. The molecular formula is C29H34N4O2. The predicted molar refractivity (Wildman–Crippen MR) is 141 cm³/mol. The van der Waals surface area contributed by atoms with Crippen LogP contribution in [0.15, 0.2) is 65.5 Å². The number of aryl methyl sites for hydroxylation is 2. The minimum atomic E-state index is -0.300. The lowest BCUT2D eigenvalue weighted by Gasteiger charge is -2.14. The molecule has 6 nitrogen and oxygen atoms in total. The lowest BCUT2D eigenvalue weighted by Crippen LogP contribution is -2.18. The number of nitrogens with zero attached hydrogens (tertiary/aromatic N) is 2. The van der Waals surface area contributed by atoms with Crippen LogP contribution in [0.1, 0.15) is 60.1 Å². The van der Waals surface area contributed by atoms with Crippen LogP contribution >= 0.6 is 0 Å². The van der Waals surface area contributed by atoms with Crippen LogP contribution in [0, 0.1) is 6.92 Å². The van der Waals surface area contributed by atoms with Crippen molar-refractivity contribution in [1.82, 2.24) is 20.1 Å². The summed E-state index contributed by atoms with van der Waals surface area (Å²) in [5.41, 5.74) is 7.28. The highest BCUT2D eigenvalue weighted by Crippen LogP contribution is 2.33. The number of aromatic amines is 1. The molecule has 3 aromatic carbocycles. The second kappa shape index (κ2) is 10.7. The van der Waals surface area contributed by atoms with E-state index in [1.807, 2.05) is 25.1 Å². The molecule has 0 aliphatic rings. The summed E-state index contributed by atoms with van der Waals surface area (Å²) >= 11 is 0. The highest BCUT2D eigenvalue weighted by atomic mass is 16.3. The predicted octanol–water partition coefficient (Wildman–Crippen LogP) is 5.28. The molecule has 0 amide bonds. The van der Waals surface area contributed by atoms with E-state index in [4.69, 9.17) is 0 Å². The number of H-pyrrole nitrogens is 1. The highest BCUT2D eigenvalue weighted by molar-refractivity contribution is 5.66. The Balaban J connectivity index is 1.48. The first kappa shape index (κ1) is 24.5. The van der Waals surface area contributed by atoms with Gasteiger partial charge in [-0.1, -0.05) is 69.3 Å². The molecule has 0 fully saturated rings. The summed E-state index contributed by atoms with van der Waals surface area (Å²) in [5.74, 6) is 0.859. The molecule has 4 rings (SSSR count). The third-order valence-corrected chi connectivity index (χ3v) is 6.51. The summed E-state index contributed by atoms with van der Waals surface area (Å²) in [7, 11) is 0. The SMILES string of the molecule is CCc1ccccc1CNCc1ccc(Cn2c(-c3cc(C(C)C)c(C)cc3O)n[nH]c2=O)cc1. The zero-order valence-electron chi connectivity index (χ0n) is 20.9. The number of hydrogen-bond donors (Lipinski definition) is 3. The second-order valence-electron chi connectivity index (χ2n) is 9.36. The van der Waals surface area contributed by atoms with Gasteiger partial charge in [0.25, 0.3) is 0 Å². The first-order chi connectivity index (χ1) is 16.9. The van der Waals surface area contributed by atoms with Crippen LogP contribution in [0.3, 0.4) is 0 Å². The Morgan fingerprint density at radius 1 is 1.00 bits per heavy atom. The van der Waals surface area contributed by atoms with Gasteiger partial charge in [-0.3, -0.25) is 4.57 Å². The lowest BCUT2D eigenvalue weighted by atomic mass is 9.95. The maximum absolute atomic E-state index is 12.6. The smallest absolute Gasteiger partial charge is 0.343 e. The molecule has 6 heteroatoms. The van der Waals surface area contributed by atoms with Gasteiger partial charge in [0.1, 0.15) is 5.75 Å². The Hall–Kier alpha value is -3.64. The summed E-state index contributed by atoms with van der Waals surface area (Å²) in [5, 5.41) is 20.9. The van der Waals surface area contributed by atoms with Crippen molar-refractivity contribution in [3.05, 3.63) is 105 Å². The fourth-order valence-electron chi connectivity index (χ4n) is 4.54. The minimum absolute atomic E-state index is 0.123. The topological polar surface area (TPSA) is 82.9 Å². The maximum Gasteiger partial charge on any atom is 0.343 e. The molecule has 35 heavy (non-hydrogen) atoms. The molecule has 1 aromatic heterocycles. The molecule has 0 radical (unpaired) electrons. The molecule has 0 aliphatic heterocycles. The summed E-state index contributed by atoms with van der Waals surface area (Å²) in [6.07, 6.45) is 1.03. The number of benzene rings is 3. The molecule has 0 unspecified atom stereocenters. The maximum atomic E-state index is 12.6. The van der Waals surface area contributed by atoms with Crippen molar-refractivity contribution in [3.8, 4) is 17.1 Å². The van der Waals surface area contributed by atoms with Gasteiger partial charge in [-0.25, -0.2) is 9.89 Å². The van der Waals surface area contributed by atoms with Crippen LogP contribution in [0.25, 0.3) is 11.4 Å². The van der Waals surface area contributed by atoms with Gasteiger partial charge in [-0.15, -0.1) is 0 Å². The van der Waals surface area contributed by atoms with Crippen LogP contribution in [-0.4, -0.2) is 19.9 Å². The van der Waals surface area contributed by atoms with Gasteiger partial charge >= 0.3 is 5.69 Å². The van der Waals surface area contributed by atoms with E-state index >= 15 is 0 Å². The van der Waals surface area contributed by atoms with Crippen molar-refractivity contribution in [3.63, 3.8) is 0 Å². The molecule has 0 saturated heterocycles. The van der Waals surface area contributed by atoms with Gasteiger partial charge < -0.3 is 10.4 Å². The first-order valence-corrected chi connectivity index (χ1v) is 12.2. The van der Waals surface area contributed by atoms with Gasteiger partial charge in [-0.05, 0) is 64.8 Å². The van der Waals surface area contributed by atoms with E-state index in [1.54, 1.807) is 10.6 Å². The van der Waals surface area contributed by atoms with E-state index in [0.29, 0.717) is 23.9 Å². The van der Waals surface area contributed by atoms with E-state index in [2.05, 4.69) is 72.7 Å². The summed E-state index contributed by atoms with van der Waals surface area (Å²) in [6.45, 7) is 10.3. The van der Waals surface area contributed by atoms with Crippen molar-refractivity contribution in [2.45, 2.75) is 59.7 Å². The number of phenolic OH excluding ortho intramolecular Hbond substituents is 1. The average molecular weight is 471 g/mol. The molecule has 0 atom stereocenters. The fourth-order valence-corrected chi connectivity index (χ4v) is 4.54. The van der Waals surface area contributed by atoms with Gasteiger partial charge in [0.05, 0.1) is 12.1 Å². The van der Waals surface area contributed by atoms with E-state index in [9.17, 15) is 9.90 Å². The van der Waals surface area contributed by atoms with Crippen LogP contribution in [0.2, 0.25) is 0 Å². The van der Waals surface area contributed by atoms with Crippen LogP contribution in [0.5, 0.6) is 5.75 Å². The van der Waals surface area contributed by atoms with Crippen molar-refractivity contribution < 1.29 is 5.11 Å². The molecular weight excluding hydrogens is 436 g/mol. The fraction of sp³-hybridized carbons (Fsp3) is 0.310. The zero-order valence-corrected chi connectivity index (χ0v) is 20.9. The van der Waals surface area contributed by atoms with E-state index in [-0.39, 0.29) is 11.4 Å². The molecule has 3 N–H and O–H groups in total. The molecule has 0 saturated carbocycles. The highest BCUT2D eigenvalue weighted by Gasteiger charge is 2.18. The van der Waals surface area contributed by atoms with Gasteiger partial charge in [0, 0.05) is 13.1 Å². The van der Waals surface area contributed by atoms with Gasteiger partial charge in [-0.2, -0.15) is 5.10 Å². The lowest BCUT2D eigenvalue weighted by molar-refractivity contribution is 0.475. The normalized spacial score (nSPS) is 11.3. The zero-order chi connectivity index (χ0) is 24.9. The number of nitrogens with one attached hydrogen (secondary N) is 2. The Morgan fingerprint density at radius 3 is 2.37 bits per heavy atom. The monoisotopic (exact) mass is 470 g/mol. The Kier molecular flexibility index (Phi) is 7.51. The molecule has 0 bridgehead atoms. The Bertz CT molecular complexity index is 1350. The number of aromatic nitrogens is 3. The van der Waals surface area contributed by atoms with Crippen LogP contribution in [0.4, 0.5) is 0 Å². The van der Waals surface area contributed by atoms with Crippen molar-refractivity contribution in [2.75, 3.05) is 0 Å². The van der Waals surface area contributed by atoms with Gasteiger partial charge in [0.2, 0.25) is 0 Å². The third-order valence-electron chi connectivity index (χ3n) is 6.51. The van der Waals surface area contributed by atoms with Crippen molar-refractivity contribution >= 4 is 0 Å².